The summed E-state index contributed by atoms with van der Waals surface area (Å²) in [5.41, 5.74) is 1.20. The molecule has 17 heavy (non-hydrogen) atoms. The van der Waals surface area contributed by atoms with Gasteiger partial charge in [0.1, 0.15) is 6.10 Å². The third kappa shape index (κ3) is 4.11. The van der Waals surface area contributed by atoms with Crippen LogP contribution in [0.5, 0.6) is 0 Å². The third-order valence-corrected chi connectivity index (χ3v) is 3.02. The molecule has 0 aromatic heterocycles. The van der Waals surface area contributed by atoms with Crippen molar-refractivity contribution in [2.24, 2.45) is 5.92 Å². The van der Waals surface area contributed by atoms with Crippen molar-refractivity contribution in [2.75, 3.05) is 13.2 Å². The van der Waals surface area contributed by atoms with E-state index in [1.54, 1.807) is 0 Å². The van der Waals surface area contributed by atoms with E-state index in [1.165, 1.54) is 5.56 Å². The van der Waals surface area contributed by atoms with Crippen LogP contribution in [0, 0.1) is 5.92 Å². The molecule has 1 aromatic rings. The molecule has 1 saturated heterocycles. The largest absolute Gasteiger partial charge is 0.394 e. The van der Waals surface area contributed by atoms with E-state index >= 15 is 0 Å². The van der Waals surface area contributed by atoms with Gasteiger partial charge in [-0.05, 0) is 17.9 Å². The summed E-state index contributed by atoms with van der Waals surface area (Å²) in [6.07, 6.45) is 1.29. The smallest absolute Gasteiger partial charge is 0.107 e. The normalized spacial score (nSPS) is 24.6. The molecule has 0 unspecified atom stereocenters. The molecule has 0 bridgehead atoms. The summed E-state index contributed by atoms with van der Waals surface area (Å²) < 4.78 is 11.0. The average molecular weight is 236 g/mol. The van der Waals surface area contributed by atoms with Crippen molar-refractivity contribution < 1.29 is 14.6 Å². The summed E-state index contributed by atoms with van der Waals surface area (Å²) in [6.45, 7) is 3.70. The predicted molar refractivity (Wildman–Crippen MR) is 65.6 cm³/mol. The van der Waals surface area contributed by atoms with Crippen molar-refractivity contribution in [2.45, 2.75) is 32.2 Å². The van der Waals surface area contributed by atoms with E-state index in [9.17, 15) is 0 Å². The van der Waals surface area contributed by atoms with Crippen molar-refractivity contribution in [3.63, 3.8) is 0 Å². The van der Waals surface area contributed by atoms with Gasteiger partial charge < -0.3 is 14.6 Å². The molecular weight excluding hydrogens is 216 g/mol. The first-order valence-electron chi connectivity index (χ1n) is 6.17. The van der Waals surface area contributed by atoms with Crippen molar-refractivity contribution in [3.05, 3.63) is 35.9 Å². The van der Waals surface area contributed by atoms with Gasteiger partial charge in [0.05, 0.1) is 19.3 Å². The fraction of sp³-hybridized carbons (Fsp3) is 0.571. The zero-order valence-corrected chi connectivity index (χ0v) is 10.2. The van der Waals surface area contributed by atoms with E-state index in [1.807, 2.05) is 18.2 Å². The maximum absolute atomic E-state index is 8.86. The summed E-state index contributed by atoms with van der Waals surface area (Å²) in [6, 6.07) is 10.2. The number of aliphatic hydroxyl groups is 1. The van der Waals surface area contributed by atoms with Gasteiger partial charge in [0.2, 0.25) is 0 Å². The molecule has 3 nitrogen and oxygen atoms in total. The molecule has 3 atom stereocenters. The molecule has 1 N–H and O–H groups in total. The topological polar surface area (TPSA) is 42.0 Å². The van der Waals surface area contributed by atoms with Gasteiger partial charge in [-0.25, -0.2) is 0 Å². The Morgan fingerprint density at radius 3 is 2.71 bits per heavy atom. The summed E-state index contributed by atoms with van der Waals surface area (Å²) in [5.74, 6) is 0.472. The highest BCUT2D eigenvalue weighted by molar-refractivity contribution is 5.13. The van der Waals surface area contributed by atoms with Crippen LogP contribution in [0.25, 0.3) is 0 Å². The summed E-state index contributed by atoms with van der Waals surface area (Å²) in [4.78, 5) is 0. The Kier molecular flexibility index (Phi) is 4.54. The second-order valence-electron chi connectivity index (χ2n) is 4.74. The van der Waals surface area contributed by atoms with E-state index in [2.05, 4.69) is 19.1 Å². The molecule has 2 rings (SSSR count). The van der Waals surface area contributed by atoms with Crippen molar-refractivity contribution >= 4 is 0 Å². The van der Waals surface area contributed by atoms with E-state index < -0.39 is 0 Å². The molecule has 1 aliphatic heterocycles. The Labute approximate surface area is 102 Å². The zero-order valence-electron chi connectivity index (χ0n) is 10.2. The second kappa shape index (κ2) is 6.15. The Hall–Kier alpha value is -0.900. The molecule has 1 aliphatic rings. The standard InChI is InChI=1S/C14H20O3/c1-11(7-13-14(8-15)17-13)9-16-10-12-5-3-2-4-6-12/h2-6,11,13-15H,7-10H2,1H3/t11-,13-,14-/m1/s1. The van der Waals surface area contributed by atoms with Gasteiger partial charge >= 0.3 is 0 Å². The zero-order chi connectivity index (χ0) is 12.1. The monoisotopic (exact) mass is 236 g/mol. The van der Waals surface area contributed by atoms with Gasteiger partial charge in [0, 0.05) is 6.61 Å². The SMILES string of the molecule is C[C@@H](COCc1ccccc1)C[C@H]1O[C@@H]1CO. The number of hydrogen-bond donors (Lipinski definition) is 1. The van der Waals surface area contributed by atoms with E-state index in [0.29, 0.717) is 12.5 Å². The average Bonchev–Trinajstić information content (AvgIpc) is 3.09. The predicted octanol–water partition coefficient (Wildman–Crippen LogP) is 1.99. The summed E-state index contributed by atoms with van der Waals surface area (Å²) in [5, 5.41) is 8.86. The van der Waals surface area contributed by atoms with E-state index in [4.69, 9.17) is 14.6 Å². The fourth-order valence-electron chi connectivity index (χ4n) is 1.96. The minimum atomic E-state index is 0.0755. The van der Waals surface area contributed by atoms with Crippen LogP contribution >= 0.6 is 0 Å². The van der Waals surface area contributed by atoms with Crippen LogP contribution in [-0.4, -0.2) is 30.5 Å². The van der Waals surface area contributed by atoms with E-state index in [0.717, 1.165) is 13.0 Å². The first-order valence-corrected chi connectivity index (χ1v) is 6.17. The van der Waals surface area contributed by atoms with Gasteiger partial charge in [-0.2, -0.15) is 0 Å². The molecule has 0 amide bonds. The molecule has 94 valence electrons. The molecule has 0 radical (unpaired) electrons. The van der Waals surface area contributed by atoms with Crippen LogP contribution in [-0.2, 0) is 16.1 Å². The number of aliphatic hydroxyl groups excluding tert-OH is 1. The molecule has 3 heteroatoms. The molecule has 1 fully saturated rings. The Morgan fingerprint density at radius 2 is 2.06 bits per heavy atom. The quantitative estimate of drug-likeness (QED) is 0.736. The van der Waals surface area contributed by atoms with Crippen LogP contribution < -0.4 is 0 Å². The number of hydrogen-bond acceptors (Lipinski definition) is 3. The second-order valence-corrected chi connectivity index (χ2v) is 4.74. The summed E-state index contributed by atoms with van der Waals surface area (Å²) >= 11 is 0. The molecule has 0 aliphatic carbocycles. The van der Waals surface area contributed by atoms with Gasteiger partial charge in [-0.15, -0.1) is 0 Å². The van der Waals surface area contributed by atoms with Crippen LogP contribution in [0.15, 0.2) is 30.3 Å². The van der Waals surface area contributed by atoms with Crippen LogP contribution in [0.3, 0.4) is 0 Å². The fourth-order valence-corrected chi connectivity index (χ4v) is 1.96. The van der Waals surface area contributed by atoms with Crippen LogP contribution in [0.1, 0.15) is 18.9 Å². The lowest BCUT2D eigenvalue weighted by atomic mass is 10.1. The van der Waals surface area contributed by atoms with Crippen LogP contribution in [0.4, 0.5) is 0 Å². The lowest BCUT2D eigenvalue weighted by molar-refractivity contribution is 0.0869. The highest BCUT2D eigenvalue weighted by atomic mass is 16.6. The van der Waals surface area contributed by atoms with Crippen molar-refractivity contribution in [1.29, 1.82) is 0 Å². The number of ether oxygens (including phenoxy) is 2. The number of benzene rings is 1. The Morgan fingerprint density at radius 1 is 1.29 bits per heavy atom. The number of epoxide rings is 1. The highest BCUT2D eigenvalue weighted by Gasteiger charge is 2.38. The molecule has 1 heterocycles. The highest BCUT2D eigenvalue weighted by Crippen LogP contribution is 2.28. The lowest BCUT2D eigenvalue weighted by Crippen LogP contribution is -2.10. The van der Waals surface area contributed by atoms with Gasteiger partial charge in [0.25, 0.3) is 0 Å². The molecule has 0 spiro atoms. The maximum Gasteiger partial charge on any atom is 0.107 e. The Balaban J connectivity index is 1.59. The maximum atomic E-state index is 8.86. The minimum Gasteiger partial charge on any atom is -0.394 e. The van der Waals surface area contributed by atoms with Gasteiger partial charge in [-0.1, -0.05) is 37.3 Å². The third-order valence-electron chi connectivity index (χ3n) is 3.02. The van der Waals surface area contributed by atoms with Gasteiger partial charge in [-0.3, -0.25) is 0 Å². The summed E-state index contributed by atoms with van der Waals surface area (Å²) in [7, 11) is 0. The Bertz CT molecular complexity index is 325. The first kappa shape index (κ1) is 12.6. The first-order chi connectivity index (χ1) is 8.29. The lowest BCUT2D eigenvalue weighted by Gasteiger charge is -2.10. The molecular formula is C14H20O3. The van der Waals surface area contributed by atoms with Crippen molar-refractivity contribution in [3.8, 4) is 0 Å². The van der Waals surface area contributed by atoms with Gasteiger partial charge in [0.15, 0.2) is 0 Å². The number of rotatable bonds is 7. The van der Waals surface area contributed by atoms with Crippen LogP contribution in [0.2, 0.25) is 0 Å². The van der Waals surface area contributed by atoms with E-state index in [-0.39, 0.29) is 18.8 Å². The molecule has 1 aromatic carbocycles. The minimum absolute atomic E-state index is 0.0755. The molecule has 0 saturated carbocycles. The van der Waals surface area contributed by atoms with Crippen molar-refractivity contribution in [1.82, 2.24) is 0 Å².